The molecule has 0 aromatic rings. The van der Waals surface area contributed by atoms with Gasteiger partial charge >= 0.3 is 0 Å². The SMILES string of the molecule is C[Si](C)(CCC1CCC2OC2C1)O[SiH2]C1CCCCC1. The Morgan fingerprint density at radius 3 is 2.60 bits per heavy atom. The molecule has 0 spiro atoms. The zero-order valence-corrected chi connectivity index (χ0v) is 15.8. The second kappa shape index (κ2) is 6.63. The predicted molar refractivity (Wildman–Crippen MR) is 89.4 cm³/mol. The van der Waals surface area contributed by atoms with Crippen molar-refractivity contribution < 1.29 is 8.85 Å². The molecule has 0 aromatic heterocycles. The van der Waals surface area contributed by atoms with E-state index in [1.807, 2.05) is 0 Å². The maximum Gasteiger partial charge on any atom is 0.172 e. The van der Waals surface area contributed by atoms with Crippen molar-refractivity contribution in [1.29, 1.82) is 0 Å². The maximum absolute atomic E-state index is 6.54. The molecule has 4 heteroatoms. The summed E-state index contributed by atoms with van der Waals surface area (Å²) in [6.07, 6.45) is 14.1. The van der Waals surface area contributed by atoms with Crippen LogP contribution in [-0.2, 0) is 8.85 Å². The molecule has 2 aliphatic carbocycles. The van der Waals surface area contributed by atoms with Crippen molar-refractivity contribution in [3.63, 3.8) is 0 Å². The lowest BCUT2D eigenvalue weighted by Gasteiger charge is -2.30. The van der Waals surface area contributed by atoms with Crippen LogP contribution in [-0.4, -0.2) is 30.3 Å². The van der Waals surface area contributed by atoms with Crippen LogP contribution in [0.3, 0.4) is 0 Å². The fourth-order valence-corrected chi connectivity index (χ4v) is 9.41. The van der Waals surface area contributed by atoms with Gasteiger partial charge in [0.05, 0.1) is 12.2 Å². The molecule has 1 heterocycles. The van der Waals surface area contributed by atoms with Gasteiger partial charge in [0.15, 0.2) is 8.32 Å². The highest BCUT2D eigenvalue weighted by Gasteiger charge is 2.43. The van der Waals surface area contributed by atoms with E-state index in [-0.39, 0.29) is 9.76 Å². The van der Waals surface area contributed by atoms with Crippen LogP contribution in [0.2, 0.25) is 24.7 Å². The summed E-state index contributed by atoms with van der Waals surface area (Å²) >= 11 is 0. The molecule has 0 bridgehead atoms. The minimum atomic E-state index is -1.36. The van der Waals surface area contributed by atoms with Crippen LogP contribution in [0, 0.1) is 5.92 Å². The van der Waals surface area contributed by atoms with Crippen molar-refractivity contribution in [1.82, 2.24) is 0 Å². The maximum atomic E-state index is 6.54. The normalized spacial score (nSPS) is 35.4. The van der Waals surface area contributed by atoms with Crippen LogP contribution in [0.25, 0.3) is 0 Å². The molecule has 0 radical (unpaired) electrons. The summed E-state index contributed by atoms with van der Waals surface area (Å²) in [6, 6.07) is 1.38. The Morgan fingerprint density at radius 2 is 1.85 bits per heavy atom. The van der Waals surface area contributed by atoms with Gasteiger partial charge in [0, 0.05) is 0 Å². The van der Waals surface area contributed by atoms with Gasteiger partial charge in [0.25, 0.3) is 0 Å². The van der Waals surface area contributed by atoms with Gasteiger partial charge < -0.3 is 8.85 Å². The molecule has 3 aliphatic rings. The van der Waals surface area contributed by atoms with Gasteiger partial charge in [-0.25, -0.2) is 0 Å². The van der Waals surface area contributed by atoms with E-state index in [2.05, 4.69) is 13.1 Å². The first kappa shape index (κ1) is 15.3. The molecule has 3 fully saturated rings. The minimum Gasteiger partial charge on any atom is -0.460 e. The molecular formula is C16H32O2Si2. The summed E-state index contributed by atoms with van der Waals surface area (Å²) in [5.74, 6) is 0.936. The molecule has 0 aromatic carbocycles. The highest BCUT2D eigenvalue weighted by Crippen LogP contribution is 2.41. The highest BCUT2D eigenvalue weighted by molar-refractivity contribution is 6.75. The van der Waals surface area contributed by atoms with Crippen molar-refractivity contribution in [2.45, 2.75) is 94.7 Å². The van der Waals surface area contributed by atoms with E-state index in [4.69, 9.17) is 8.85 Å². The van der Waals surface area contributed by atoms with Crippen LogP contribution in [0.15, 0.2) is 0 Å². The third-order valence-electron chi connectivity index (χ3n) is 5.70. The molecule has 2 saturated carbocycles. The summed E-state index contributed by atoms with van der Waals surface area (Å²) in [6.45, 7) is 4.92. The van der Waals surface area contributed by atoms with E-state index < -0.39 is 8.32 Å². The average molecular weight is 313 g/mol. The van der Waals surface area contributed by atoms with Crippen LogP contribution in [0.1, 0.15) is 57.8 Å². The third kappa shape index (κ3) is 4.42. The minimum absolute atomic E-state index is 0.252. The Labute approximate surface area is 128 Å². The van der Waals surface area contributed by atoms with E-state index in [0.717, 1.165) is 11.5 Å². The summed E-state index contributed by atoms with van der Waals surface area (Å²) in [7, 11) is -1.61. The van der Waals surface area contributed by atoms with Gasteiger partial charge in [-0.15, -0.1) is 0 Å². The average Bonchev–Trinajstić information content (AvgIpc) is 3.23. The Balaban J connectivity index is 1.34. The van der Waals surface area contributed by atoms with E-state index in [9.17, 15) is 0 Å². The van der Waals surface area contributed by atoms with E-state index in [0.29, 0.717) is 12.2 Å². The van der Waals surface area contributed by atoms with Crippen molar-refractivity contribution in [2.24, 2.45) is 5.92 Å². The lowest BCUT2D eigenvalue weighted by atomic mass is 9.88. The van der Waals surface area contributed by atoms with Gasteiger partial charge in [0.2, 0.25) is 0 Å². The zero-order valence-electron chi connectivity index (χ0n) is 13.4. The van der Waals surface area contributed by atoms with E-state index in [1.54, 1.807) is 0 Å². The fraction of sp³-hybridized carbons (Fsp3) is 1.00. The first-order chi connectivity index (χ1) is 9.62. The van der Waals surface area contributed by atoms with Crippen LogP contribution >= 0.6 is 0 Å². The van der Waals surface area contributed by atoms with Crippen LogP contribution in [0.4, 0.5) is 0 Å². The van der Waals surface area contributed by atoms with E-state index >= 15 is 0 Å². The van der Waals surface area contributed by atoms with Gasteiger partial charge in [-0.05, 0) is 49.9 Å². The number of rotatable bonds is 6. The number of ether oxygens (including phenoxy) is 1. The monoisotopic (exact) mass is 312 g/mol. The molecule has 116 valence electrons. The molecule has 20 heavy (non-hydrogen) atoms. The van der Waals surface area contributed by atoms with E-state index in [1.165, 1.54) is 63.8 Å². The van der Waals surface area contributed by atoms with Gasteiger partial charge in [-0.3, -0.25) is 0 Å². The van der Waals surface area contributed by atoms with Crippen molar-refractivity contribution in [3.8, 4) is 0 Å². The van der Waals surface area contributed by atoms with Crippen molar-refractivity contribution in [2.75, 3.05) is 0 Å². The molecule has 3 atom stereocenters. The molecule has 3 unspecified atom stereocenters. The molecule has 1 aliphatic heterocycles. The molecule has 2 nitrogen and oxygen atoms in total. The number of hydrogen-bond acceptors (Lipinski definition) is 2. The number of epoxide rings is 1. The summed E-state index contributed by atoms with van der Waals surface area (Å²) in [4.78, 5) is 0. The Morgan fingerprint density at radius 1 is 1.05 bits per heavy atom. The second-order valence-corrected chi connectivity index (χ2v) is 14.7. The molecule has 0 amide bonds. The lowest BCUT2D eigenvalue weighted by Crippen LogP contribution is -2.34. The first-order valence-electron chi connectivity index (χ1n) is 8.92. The third-order valence-corrected chi connectivity index (χ3v) is 12.3. The number of fused-ring (bicyclic) bond motifs is 1. The second-order valence-electron chi connectivity index (χ2n) is 8.01. The Hall–Kier alpha value is 0.354. The number of hydrogen-bond donors (Lipinski definition) is 0. The molecule has 1 saturated heterocycles. The smallest absolute Gasteiger partial charge is 0.172 e. The topological polar surface area (TPSA) is 21.8 Å². The molecule has 0 N–H and O–H groups in total. The van der Waals surface area contributed by atoms with Crippen LogP contribution < -0.4 is 0 Å². The largest absolute Gasteiger partial charge is 0.460 e. The predicted octanol–water partition coefficient (Wildman–Crippen LogP) is 4.00. The summed E-state index contributed by atoms with van der Waals surface area (Å²) < 4.78 is 12.2. The van der Waals surface area contributed by atoms with Gasteiger partial charge in [-0.2, -0.15) is 0 Å². The molecular weight excluding hydrogens is 280 g/mol. The van der Waals surface area contributed by atoms with Crippen LogP contribution in [0.5, 0.6) is 0 Å². The fourth-order valence-electron chi connectivity index (χ4n) is 4.07. The zero-order chi connectivity index (χ0) is 14.0. The lowest BCUT2D eigenvalue weighted by molar-refractivity contribution is 0.355. The standard InChI is InChI=1S/C16H32O2Si2/c1-20(2,18-19-14-6-4-3-5-7-14)11-10-13-8-9-15-16(12-13)17-15/h13-16H,3-12,19H2,1-2H3. The summed E-state index contributed by atoms with van der Waals surface area (Å²) in [5, 5.41) is 0. The highest BCUT2D eigenvalue weighted by atomic mass is 28.4. The molecule has 3 rings (SSSR count). The van der Waals surface area contributed by atoms with Crippen molar-refractivity contribution >= 4 is 18.1 Å². The van der Waals surface area contributed by atoms with Gasteiger partial charge in [-0.1, -0.05) is 38.5 Å². The Bertz CT molecular complexity index is 316. The first-order valence-corrected chi connectivity index (χ1v) is 13.4. The Kier molecular flexibility index (Phi) is 5.06. The van der Waals surface area contributed by atoms with Crippen molar-refractivity contribution in [3.05, 3.63) is 0 Å². The van der Waals surface area contributed by atoms with Gasteiger partial charge in [0.1, 0.15) is 9.76 Å². The summed E-state index contributed by atoms with van der Waals surface area (Å²) in [5.41, 5.74) is 1.01. The quantitative estimate of drug-likeness (QED) is 0.546.